The molecule has 1 atom stereocenters. The van der Waals surface area contributed by atoms with E-state index in [0.717, 1.165) is 43.1 Å². The van der Waals surface area contributed by atoms with Gasteiger partial charge in [-0.05, 0) is 43.7 Å². The van der Waals surface area contributed by atoms with Gasteiger partial charge in [0.25, 0.3) is 12.3 Å². The minimum Gasteiger partial charge on any atom is -0.494 e. The normalized spacial score (nSPS) is 16.0. The van der Waals surface area contributed by atoms with Crippen LogP contribution in [0.1, 0.15) is 59.8 Å². The van der Waals surface area contributed by atoms with Crippen LogP contribution in [0.4, 0.5) is 8.78 Å². The summed E-state index contributed by atoms with van der Waals surface area (Å²) < 4.78 is 32.0. The maximum Gasteiger partial charge on any atom is 0.280 e. The van der Waals surface area contributed by atoms with Crippen LogP contribution < -0.4 is 15.8 Å². The van der Waals surface area contributed by atoms with Gasteiger partial charge in [-0.2, -0.15) is 0 Å². The molecule has 172 valence electrons. The number of hydrogen-bond acceptors (Lipinski definition) is 7. The van der Waals surface area contributed by atoms with E-state index in [4.69, 9.17) is 15.9 Å². The highest BCUT2D eigenvalue weighted by molar-refractivity contribution is 8.14. The van der Waals surface area contributed by atoms with Crippen molar-refractivity contribution in [3.8, 4) is 28.7 Å². The number of nitrogens with zero attached hydrogens (tertiary/aromatic N) is 2. The predicted molar refractivity (Wildman–Crippen MR) is 122 cm³/mol. The first-order valence-corrected chi connectivity index (χ1v) is 11.4. The SMILES string of the molecule is COc1cnc(C(F)F)cc1-c1cc(C2CC2)ncc1C(=O)NC(N)SC(=N)C#CC1CC1. The van der Waals surface area contributed by atoms with Crippen molar-refractivity contribution in [2.24, 2.45) is 11.7 Å². The molecule has 2 heterocycles. The average molecular weight is 472 g/mol. The molecule has 4 N–H and O–H groups in total. The molecule has 0 aromatic carbocycles. The topological polar surface area (TPSA) is 114 Å². The number of rotatable bonds is 7. The minimum absolute atomic E-state index is 0.0644. The number of methoxy groups -OCH3 is 1. The Balaban J connectivity index is 1.62. The van der Waals surface area contributed by atoms with E-state index in [9.17, 15) is 13.6 Å². The molecule has 2 aromatic rings. The largest absolute Gasteiger partial charge is 0.494 e. The highest BCUT2D eigenvalue weighted by Gasteiger charge is 2.28. The smallest absolute Gasteiger partial charge is 0.280 e. The maximum atomic E-state index is 13.3. The third kappa shape index (κ3) is 5.86. The number of amides is 1. The van der Waals surface area contributed by atoms with Gasteiger partial charge in [-0.15, -0.1) is 0 Å². The molecule has 2 fully saturated rings. The Labute approximate surface area is 194 Å². The Bertz CT molecular complexity index is 1140. The molecule has 10 heteroatoms. The van der Waals surface area contributed by atoms with Crippen LogP contribution in [0.5, 0.6) is 5.75 Å². The Morgan fingerprint density at radius 2 is 2.00 bits per heavy atom. The second-order valence-corrected chi connectivity index (χ2v) is 9.08. The van der Waals surface area contributed by atoms with Gasteiger partial charge in [0, 0.05) is 34.9 Å². The van der Waals surface area contributed by atoms with E-state index in [2.05, 4.69) is 27.1 Å². The number of carbonyl (C=O) groups is 1. The van der Waals surface area contributed by atoms with Crippen molar-refractivity contribution in [3.63, 3.8) is 0 Å². The van der Waals surface area contributed by atoms with Crippen LogP contribution in [0, 0.1) is 23.2 Å². The van der Waals surface area contributed by atoms with E-state index in [0.29, 0.717) is 17.0 Å². The van der Waals surface area contributed by atoms with Crippen molar-refractivity contribution in [3.05, 3.63) is 41.5 Å². The van der Waals surface area contributed by atoms with Gasteiger partial charge in [0.05, 0.1) is 18.9 Å². The number of aromatic nitrogens is 2. The van der Waals surface area contributed by atoms with Gasteiger partial charge in [-0.3, -0.25) is 20.2 Å². The van der Waals surface area contributed by atoms with E-state index in [1.54, 1.807) is 6.07 Å². The fourth-order valence-electron chi connectivity index (χ4n) is 3.22. The first kappa shape index (κ1) is 23.1. The van der Waals surface area contributed by atoms with E-state index in [1.807, 2.05) is 0 Å². The third-order valence-corrected chi connectivity index (χ3v) is 5.98. The molecule has 2 aliphatic carbocycles. The molecule has 0 saturated heterocycles. The molecule has 4 rings (SSSR count). The molecular weight excluding hydrogens is 448 g/mol. The molecule has 2 aliphatic rings. The lowest BCUT2D eigenvalue weighted by Crippen LogP contribution is -2.39. The first-order chi connectivity index (χ1) is 15.9. The lowest BCUT2D eigenvalue weighted by Gasteiger charge is -2.17. The summed E-state index contributed by atoms with van der Waals surface area (Å²) in [5, 5.41) is 10.6. The van der Waals surface area contributed by atoms with Crippen LogP contribution in [-0.2, 0) is 0 Å². The lowest BCUT2D eigenvalue weighted by atomic mass is 9.98. The van der Waals surface area contributed by atoms with Gasteiger partial charge in [-0.25, -0.2) is 8.78 Å². The van der Waals surface area contributed by atoms with Crippen molar-refractivity contribution in [2.45, 2.75) is 43.5 Å². The van der Waals surface area contributed by atoms with E-state index in [-0.39, 0.29) is 22.3 Å². The van der Waals surface area contributed by atoms with Crippen LogP contribution in [0.15, 0.2) is 24.5 Å². The number of thioether (sulfide) groups is 1. The van der Waals surface area contributed by atoms with Crippen LogP contribution in [0.3, 0.4) is 0 Å². The van der Waals surface area contributed by atoms with Crippen molar-refractivity contribution in [1.82, 2.24) is 15.3 Å². The number of nitrogens with two attached hydrogens (primary N) is 1. The number of carbonyl (C=O) groups excluding carboxylic acids is 1. The fraction of sp³-hybridized carbons (Fsp3) is 0.391. The fourth-order valence-corrected chi connectivity index (χ4v) is 3.76. The Kier molecular flexibility index (Phi) is 6.91. The minimum atomic E-state index is -2.77. The van der Waals surface area contributed by atoms with Gasteiger partial charge < -0.3 is 15.8 Å². The highest BCUT2D eigenvalue weighted by Crippen LogP contribution is 2.42. The summed E-state index contributed by atoms with van der Waals surface area (Å²) in [6, 6.07) is 2.96. The highest BCUT2D eigenvalue weighted by atomic mass is 32.2. The van der Waals surface area contributed by atoms with Gasteiger partial charge in [-0.1, -0.05) is 17.7 Å². The van der Waals surface area contributed by atoms with Gasteiger partial charge in [0.2, 0.25) is 0 Å². The summed E-state index contributed by atoms with van der Waals surface area (Å²) in [6.07, 6.45) is 3.94. The van der Waals surface area contributed by atoms with E-state index in [1.165, 1.54) is 25.6 Å². The third-order valence-electron chi connectivity index (χ3n) is 5.27. The molecule has 0 spiro atoms. The average Bonchev–Trinajstić information content (AvgIpc) is 3.70. The van der Waals surface area contributed by atoms with Crippen LogP contribution in [0.2, 0.25) is 0 Å². The number of nitrogens with one attached hydrogen (secondary N) is 2. The van der Waals surface area contributed by atoms with Crippen molar-refractivity contribution >= 4 is 22.7 Å². The Morgan fingerprint density at radius 1 is 1.24 bits per heavy atom. The quantitative estimate of drug-likeness (QED) is 0.243. The molecule has 33 heavy (non-hydrogen) atoms. The number of halogens is 2. The van der Waals surface area contributed by atoms with Crippen molar-refractivity contribution in [1.29, 1.82) is 5.41 Å². The van der Waals surface area contributed by atoms with Gasteiger partial charge in [0.15, 0.2) is 0 Å². The molecule has 0 radical (unpaired) electrons. The van der Waals surface area contributed by atoms with Crippen molar-refractivity contribution in [2.75, 3.05) is 7.11 Å². The molecule has 2 saturated carbocycles. The number of pyridine rings is 2. The molecule has 0 bridgehead atoms. The van der Waals surface area contributed by atoms with Gasteiger partial charge in [0.1, 0.15) is 22.0 Å². The van der Waals surface area contributed by atoms with Crippen LogP contribution in [0.25, 0.3) is 11.1 Å². The van der Waals surface area contributed by atoms with Gasteiger partial charge >= 0.3 is 0 Å². The summed E-state index contributed by atoms with van der Waals surface area (Å²) >= 11 is 0.927. The Hall–Kier alpha value is -3.03. The molecule has 2 aromatic heterocycles. The van der Waals surface area contributed by atoms with E-state index < -0.39 is 23.5 Å². The van der Waals surface area contributed by atoms with E-state index >= 15 is 0 Å². The molecular formula is C23H23F2N5O2S. The lowest BCUT2D eigenvalue weighted by molar-refractivity contribution is 0.0951. The summed E-state index contributed by atoms with van der Waals surface area (Å²) in [5.41, 5.74) is 6.35. The van der Waals surface area contributed by atoms with Crippen molar-refractivity contribution < 1.29 is 18.3 Å². The standard InChI is InChI=1S/C23H23F2N5O2S/c1-32-19-11-29-18(21(24)25)9-15(19)14-8-17(13-5-6-13)28-10-16(14)22(31)30-23(27)33-20(26)7-4-12-2-3-12/h8-13,21,23,26H,2-3,5-6,27H2,1H3,(H,30,31). The maximum absolute atomic E-state index is 13.3. The summed E-state index contributed by atoms with van der Waals surface area (Å²) in [6.45, 7) is 0. The van der Waals surface area contributed by atoms with Crippen LogP contribution in [-0.4, -0.2) is 33.5 Å². The van der Waals surface area contributed by atoms with Crippen LogP contribution >= 0.6 is 11.8 Å². The second-order valence-electron chi connectivity index (χ2n) is 7.92. The number of ether oxygens (including phenoxy) is 1. The zero-order valence-electron chi connectivity index (χ0n) is 17.9. The Morgan fingerprint density at radius 3 is 2.64 bits per heavy atom. The number of hydrogen-bond donors (Lipinski definition) is 3. The molecule has 1 amide bonds. The predicted octanol–water partition coefficient (Wildman–Crippen LogP) is 4.06. The molecule has 0 aliphatic heterocycles. The molecule has 1 unspecified atom stereocenters. The second kappa shape index (κ2) is 9.85. The number of alkyl halides is 2. The summed E-state index contributed by atoms with van der Waals surface area (Å²) in [4.78, 5) is 21.2. The summed E-state index contributed by atoms with van der Waals surface area (Å²) in [5.74, 6) is 6.07. The zero-order valence-corrected chi connectivity index (χ0v) is 18.7. The first-order valence-electron chi connectivity index (χ1n) is 10.5. The zero-order chi connectivity index (χ0) is 23.5. The monoisotopic (exact) mass is 471 g/mol. The molecule has 7 nitrogen and oxygen atoms in total. The summed E-state index contributed by atoms with van der Waals surface area (Å²) in [7, 11) is 1.41.